The van der Waals surface area contributed by atoms with Crippen molar-refractivity contribution in [2.24, 2.45) is 4.99 Å². The van der Waals surface area contributed by atoms with E-state index in [0.717, 1.165) is 11.5 Å². The van der Waals surface area contributed by atoms with Crippen molar-refractivity contribution < 1.29 is 18.3 Å². The Morgan fingerprint density at radius 2 is 1.83 bits per heavy atom. The van der Waals surface area contributed by atoms with Gasteiger partial charge in [0.25, 0.3) is 5.91 Å². The van der Waals surface area contributed by atoms with E-state index in [1.54, 1.807) is 43.5 Å². The second-order valence-electron chi connectivity index (χ2n) is 6.39. The van der Waals surface area contributed by atoms with Crippen LogP contribution in [0.3, 0.4) is 0 Å². The topological polar surface area (TPSA) is 63.8 Å². The highest BCUT2D eigenvalue weighted by atomic mass is 35.5. The Kier molecular flexibility index (Phi) is 5.50. The number of hydrogen-bond donors (Lipinski definition) is 1. The predicted molar refractivity (Wildman–Crippen MR) is 114 cm³/mol. The van der Waals surface area contributed by atoms with Gasteiger partial charge in [-0.05, 0) is 54.6 Å². The Balaban J connectivity index is 1.81. The molecular weight excluding hydrogens is 407 g/mol. The molecule has 0 unspecified atom stereocenters. The number of nitrogens with zero attached hydrogens (tertiary/aromatic N) is 1. The lowest BCUT2D eigenvalue weighted by molar-refractivity contribution is 0.102. The first kappa shape index (κ1) is 19.7. The molecule has 0 atom stereocenters. The Morgan fingerprint density at radius 1 is 1.07 bits per heavy atom. The largest absolute Gasteiger partial charge is 0.497 e. The van der Waals surface area contributed by atoms with E-state index in [-0.39, 0.29) is 21.8 Å². The number of fused-ring (bicyclic) bond motifs is 1. The van der Waals surface area contributed by atoms with E-state index in [2.05, 4.69) is 10.3 Å². The van der Waals surface area contributed by atoms with Crippen LogP contribution in [-0.4, -0.2) is 13.0 Å². The number of para-hydroxylation sites is 1. The molecule has 0 bridgehead atoms. The van der Waals surface area contributed by atoms with Crippen LogP contribution in [0.5, 0.6) is 5.75 Å². The molecular formula is C23H16ClFN2O3. The van der Waals surface area contributed by atoms with Gasteiger partial charge in [-0.2, -0.15) is 0 Å². The molecule has 1 aromatic heterocycles. The van der Waals surface area contributed by atoms with Crippen LogP contribution in [0.1, 0.15) is 10.4 Å². The van der Waals surface area contributed by atoms with Crippen molar-refractivity contribution in [3.8, 4) is 5.75 Å². The molecule has 1 heterocycles. The van der Waals surface area contributed by atoms with E-state index in [0.29, 0.717) is 17.0 Å². The van der Waals surface area contributed by atoms with Gasteiger partial charge in [-0.3, -0.25) is 4.79 Å². The molecule has 4 aromatic rings. The zero-order chi connectivity index (χ0) is 21.1. The van der Waals surface area contributed by atoms with Gasteiger partial charge in [0.2, 0.25) is 5.55 Å². The van der Waals surface area contributed by atoms with Crippen molar-refractivity contribution in [1.82, 2.24) is 0 Å². The van der Waals surface area contributed by atoms with Crippen LogP contribution in [0.4, 0.5) is 15.8 Å². The molecule has 0 aliphatic carbocycles. The minimum atomic E-state index is -0.480. The highest BCUT2D eigenvalue weighted by Gasteiger charge is 2.14. The van der Waals surface area contributed by atoms with Crippen molar-refractivity contribution in [2.75, 3.05) is 12.4 Å². The molecule has 3 aromatic carbocycles. The molecule has 0 aliphatic rings. The van der Waals surface area contributed by atoms with E-state index in [4.69, 9.17) is 20.8 Å². The number of methoxy groups -OCH3 is 1. The quantitative estimate of drug-likeness (QED) is 0.457. The van der Waals surface area contributed by atoms with Crippen LogP contribution in [0.25, 0.3) is 11.0 Å². The van der Waals surface area contributed by atoms with E-state index < -0.39 is 11.7 Å². The minimum absolute atomic E-state index is 0.0632. The molecule has 4 rings (SSSR count). The van der Waals surface area contributed by atoms with Gasteiger partial charge in [-0.1, -0.05) is 29.8 Å². The average Bonchev–Trinajstić information content (AvgIpc) is 2.75. The molecule has 0 spiro atoms. The van der Waals surface area contributed by atoms with Gasteiger partial charge in [0.15, 0.2) is 0 Å². The monoisotopic (exact) mass is 422 g/mol. The molecule has 0 fully saturated rings. The van der Waals surface area contributed by atoms with Crippen LogP contribution in [0, 0.1) is 5.82 Å². The van der Waals surface area contributed by atoms with Crippen LogP contribution in [0.2, 0.25) is 5.02 Å². The third-order valence-electron chi connectivity index (χ3n) is 4.38. The molecule has 0 aliphatic heterocycles. The van der Waals surface area contributed by atoms with Crippen LogP contribution in [0.15, 0.2) is 82.2 Å². The van der Waals surface area contributed by atoms with Gasteiger partial charge < -0.3 is 14.5 Å². The van der Waals surface area contributed by atoms with Gasteiger partial charge in [0.1, 0.15) is 22.7 Å². The first-order chi connectivity index (χ1) is 14.5. The summed E-state index contributed by atoms with van der Waals surface area (Å²) in [5, 5.41) is 3.67. The Labute approximate surface area is 176 Å². The standard InChI is InChI=1S/C23H16ClFN2O3/c1-29-17-9-7-16(8-10-17)26-22(28)18-12-14-4-2-3-5-21(14)30-23(18)27-20-11-6-15(25)13-19(20)24/h2-13H,1H3,(H,26,28). The lowest BCUT2D eigenvalue weighted by atomic mass is 10.1. The van der Waals surface area contributed by atoms with Crippen molar-refractivity contribution >= 4 is 39.9 Å². The number of nitrogens with one attached hydrogen (secondary N) is 1. The maximum absolute atomic E-state index is 13.4. The molecule has 7 heteroatoms. The third-order valence-corrected chi connectivity index (χ3v) is 4.68. The lowest BCUT2D eigenvalue weighted by Crippen LogP contribution is -2.21. The number of amides is 1. The van der Waals surface area contributed by atoms with Crippen LogP contribution >= 0.6 is 11.6 Å². The first-order valence-corrected chi connectivity index (χ1v) is 9.39. The van der Waals surface area contributed by atoms with Gasteiger partial charge in [-0.25, -0.2) is 9.38 Å². The fraction of sp³-hybridized carbons (Fsp3) is 0.0435. The van der Waals surface area contributed by atoms with Crippen molar-refractivity contribution in [3.63, 3.8) is 0 Å². The summed E-state index contributed by atoms with van der Waals surface area (Å²) in [4.78, 5) is 17.4. The van der Waals surface area contributed by atoms with Gasteiger partial charge in [0, 0.05) is 11.1 Å². The van der Waals surface area contributed by atoms with E-state index in [9.17, 15) is 9.18 Å². The fourth-order valence-electron chi connectivity index (χ4n) is 2.87. The summed E-state index contributed by atoms with van der Waals surface area (Å²) in [5.41, 5.74) is 1.70. The summed E-state index contributed by atoms with van der Waals surface area (Å²) in [6.07, 6.45) is 0. The third kappa shape index (κ3) is 4.18. The van der Waals surface area contributed by atoms with E-state index in [1.807, 2.05) is 18.2 Å². The summed E-state index contributed by atoms with van der Waals surface area (Å²) in [5.74, 6) is -0.214. The minimum Gasteiger partial charge on any atom is -0.497 e. The number of carbonyl (C=O) groups excluding carboxylic acids is 1. The SMILES string of the molecule is COc1ccc(NC(=O)c2cc3ccccc3oc2=Nc2ccc(F)cc2Cl)cc1. The molecule has 30 heavy (non-hydrogen) atoms. The Bertz CT molecular complexity index is 1300. The molecule has 0 radical (unpaired) electrons. The Morgan fingerprint density at radius 3 is 2.57 bits per heavy atom. The number of hydrogen-bond acceptors (Lipinski definition) is 4. The molecule has 150 valence electrons. The molecule has 1 N–H and O–H groups in total. The lowest BCUT2D eigenvalue weighted by Gasteiger charge is -2.08. The van der Waals surface area contributed by atoms with Crippen LogP contribution in [-0.2, 0) is 0 Å². The van der Waals surface area contributed by atoms with E-state index in [1.165, 1.54) is 12.1 Å². The second kappa shape index (κ2) is 8.39. The summed E-state index contributed by atoms with van der Waals surface area (Å²) in [7, 11) is 1.57. The van der Waals surface area contributed by atoms with Crippen LogP contribution < -0.4 is 15.6 Å². The van der Waals surface area contributed by atoms with Gasteiger partial charge in [-0.15, -0.1) is 0 Å². The average molecular weight is 423 g/mol. The fourth-order valence-corrected chi connectivity index (χ4v) is 3.08. The number of anilines is 1. The zero-order valence-corrected chi connectivity index (χ0v) is 16.6. The summed E-state index contributed by atoms with van der Waals surface area (Å²) < 4.78 is 24.4. The van der Waals surface area contributed by atoms with Crippen molar-refractivity contribution in [3.05, 3.63) is 94.8 Å². The van der Waals surface area contributed by atoms with E-state index >= 15 is 0 Å². The van der Waals surface area contributed by atoms with Gasteiger partial charge in [0.05, 0.1) is 17.8 Å². The first-order valence-electron chi connectivity index (χ1n) is 9.01. The number of halogens is 2. The predicted octanol–water partition coefficient (Wildman–Crippen LogP) is 5.72. The van der Waals surface area contributed by atoms with Crippen molar-refractivity contribution in [1.29, 1.82) is 0 Å². The summed E-state index contributed by atoms with van der Waals surface area (Å²) in [6.45, 7) is 0. The molecule has 0 saturated heterocycles. The van der Waals surface area contributed by atoms with Gasteiger partial charge >= 0.3 is 0 Å². The Hall–Kier alpha value is -3.64. The smallest absolute Gasteiger partial charge is 0.261 e. The number of benzene rings is 3. The maximum atomic E-state index is 13.4. The summed E-state index contributed by atoms with van der Waals surface area (Å²) in [6, 6.07) is 19.7. The summed E-state index contributed by atoms with van der Waals surface area (Å²) >= 11 is 6.10. The normalized spacial score (nSPS) is 11.5. The number of ether oxygens (including phenoxy) is 1. The molecule has 1 amide bonds. The maximum Gasteiger partial charge on any atom is 0.261 e. The molecule has 5 nitrogen and oxygen atoms in total. The van der Waals surface area contributed by atoms with Crippen molar-refractivity contribution in [2.45, 2.75) is 0 Å². The number of carbonyl (C=O) groups is 1. The highest BCUT2D eigenvalue weighted by molar-refractivity contribution is 6.32. The second-order valence-corrected chi connectivity index (χ2v) is 6.80. The highest BCUT2D eigenvalue weighted by Crippen LogP contribution is 2.25. The number of rotatable bonds is 4. The zero-order valence-electron chi connectivity index (χ0n) is 15.9. The molecule has 0 saturated carbocycles.